The molecule has 0 spiro atoms. The second-order valence-electron chi connectivity index (χ2n) is 14.3. The molecule has 0 aliphatic carbocycles. The molecule has 0 saturated carbocycles. The molecular weight excluding hydrogens is 669 g/mol. The Hall–Kier alpha value is -5.11. The van der Waals surface area contributed by atoms with Crippen molar-refractivity contribution in [3.05, 3.63) is 83.3 Å². The summed E-state index contributed by atoms with van der Waals surface area (Å²) >= 11 is 0. The van der Waals surface area contributed by atoms with Crippen molar-refractivity contribution in [1.29, 1.82) is 0 Å². The third kappa shape index (κ3) is 7.95. The standard InChI is InChI=1S/C37H44N8O5S/c1-23-10-7-11-24(2)33(23)29-17-32-42-36(41-29)43-51(48,49)28-13-8-12-25(16-28)35(47)45(27(22-50-32)18-37(3,4)5)21-26-19-39-20-31(40-26)44-15-9-14-30(44)34(46)38-6/h7-8,10-13,16-17,19-20,27,30H,9,14-15,18,21-22H2,1-6H3,(H,38,46)(H,41,42,43)/t27-,30?/m1/s1. The van der Waals surface area contributed by atoms with E-state index in [1.807, 2.05) is 36.9 Å². The Labute approximate surface area is 298 Å². The Morgan fingerprint density at radius 3 is 2.51 bits per heavy atom. The average molecular weight is 713 g/mol. The lowest BCUT2D eigenvalue weighted by molar-refractivity contribution is -0.121. The summed E-state index contributed by atoms with van der Waals surface area (Å²) in [5.41, 5.74) is 3.72. The number of carbonyl (C=O) groups excluding carboxylic acids is 2. The molecular formula is C37H44N8O5S. The van der Waals surface area contributed by atoms with Crippen LogP contribution in [0.1, 0.15) is 67.2 Å². The highest BCUT2D eigenvalue weighted by molar-refractivity contribution is 7.92. The van der Waals surface area contributed by atoms with Crippen molar-refractivity contribution >= 4 is 33.6 Å². The molecule has 4 bridgehead atoms. The quantitative estimate of drug-likeness (QED) is 0.281. The van der Waals surface area contributed by atoms with Crippen molar-refractivity contribution in [2.45, 2.75) is 77.4 Å². The molecule has 2 N–H and O–H groups in total. The molecule has 2 aliphatic rings. The van der Waals surface area contributed by atoms with Crippen LogP contribution in [0.15, 0.2) is 65.8 Å². The van der Waals surface area contributed by atoms with Crippen molar-refractivity contribution in [3.63, 3.8) is 0 Å². The Kier molecular flexibility index (Phi) is 9.98. The predicted octanol–water partition coefficient (Wildman–Crippen LogP) is 4.91. The number of anilines is 2. The Morgan fingerprint density at radius 1 is 1.04 bits per heavy atom. The zero-order valence-corrected chi connectivity index (χ0v) is 30.6. The first kappa shape index (κ1) is 35.7. The van der Waals surface area contributed by atoms with Gasteiger partial charge < -0.3 is 19.9 Å². The van der Waals surface area contributed by atoms with E-state index >= 15 is 0 Å². The Balaban J connectivity index is 1.45. The fraction of sp³-hybridized carbons (Fsp3) is 0.405. The Bertz CT molecular complexity index is 2050. The van der Waals surface area contributed by atoms with Crippen LogP contribution >= 0.6 is 0 Å². The molecule has 1 fully saturated rings. The van der Waals surface area contributed by atoms with Crippen LogP contribution in [0.3, 0.4) is 0 Å². The number of benzene rings is 2. The minimum Gasteiger partial charge on any atom is -0.475 e. The highest BCUT2D eigenvalue weighted by atomic mass is 32.2. The summed E-state index contributed by atoms with van der Waals surface area (Å²) in [4.78, 5) is 49.1. The molecule has 14 heteroatoms. The van der Waals surface area contributed by atoms with Crippen LogP contribution in [0.5, 0.6) is 5.88 Å². The highest BCUT2D eigenvalue weighted by Crippen LogP contribution is 2.32. The topological polar surface area (TPSA) is 160 Å². The van der Waals surface area contributed by atoms with Gasteiger partial charge in [-0.1, -0.05) is 45.0 Å². The molecule has 1 unspecified atom stereocenters. The van der Waals surface area contributed by atoms with Crippen LogP contribution in [-0.4, -0.2) is 77.4 Å². The third-order valence-electron chi connectivity index (χ3n) is 9.13. The molecule has 51 heavy (non-hydrogen) atoms. The third-order valence-corrected chi connectivity index (χ3v) is 10.5. The maximum Gasteiger partial charge on any atom is 0.264 e. The van der Waals surface area contributed by atoms with E-state index in [4.69, 9.17) is 9.72 Å². The number of hydrogen-bond donors (Lipinski definition) is 2. The largest absolute Gasteiger partial charge is 0.475 e. The molecule has 1 saturated heterocycles. The van der Waals surface area contributed by atoms with Gasteiger partial charge in [-0.05, 0) is 67.9 Å². The zero-order chi connectivity index (χ0) is 36.5. The molecule has 268 valence electrons. The molecule has 4 heterocycles. The van der Waals surface area contributed by atoms with Gasteiger partial charge in [0.1, 0.15) is 18.5 Å². The van der Waals surface area contributed by atoms with Gasteiger partial charge in [0.25, 0.3) is 15.9 Å². The summed E-state index contributed by atoms with van der Waals surface area (Å²) in [5.74, 6) is 0.0827. The number of likely N-dealkylation sites (N-methyl/N-ethyl adjacent to an activating group) is 1. The number of sulfonamides is 1. The maximum absolute atomic E-state index is 14.6. The molecule has 2 aliphatic heterocycles. The number of aromatic nitrogens is 4. The van der Waals surface area contributed by atoms with E-state index in [0.717, 1.165) is 23.1 Å². The van der Waals surface area contributed by atoms with Gasteiger partial charge in [0, 0.05) is 30.8 Å². The number of carbonyl (C=O) groups is 2. The van der Waals surface area contributed by atoms with Crippen LogP contribution < -0.4 is 19.7 Å². The van der Waals surface area contributed by atoms with Crippen LogP contribution in [0.2, 0.25) is 0 Å². The normalized spacial score (nSPS) is 18.9. The van der Waals surface area contributed by atoms with E-state index in [0.29, 0.717) is 36.6 Å². The number of ether oxygens (including phenoxy) is 1. The lowest BCUT2D eigenvalue weighted by atomic mass is 9.87. The van der Waals surface area contributed by atoms with Gasteiger partial charge in [0.05, 0.1) is 41.3 Å². The minimum atomic E-state index is -4.21. The summed E-state index contributed by atoms with van der Waals surface area (Å²) in [6.45, 7) is 10.9. The lowest BCUT2D eigenvalue weighted by Gasteiger charge is -2.35. The van der Waals surface area contributed by atoms with Gasteiger partial charge in [-0.2, -0.15) is 4.98 Å². The van der Waals surface area contributed by atoms with Crippen LogP contribution in [-0.2, 0) is 21.4 Å². The first-order valence-corrected chi connectivity index (χ1v) is 18.5. The summed E-state index contributed by atoms with van der Waals surface area (Å²) in [6.07, 6.45) is 5.31. The molecule has 0 radical (unpaired) electrons. The van der Waals surface area contributed by atoms with Gasteiger partial charge in [-0.3, -0.25) is 14.6 Å². The van der Waals surface area contributed by atoms with E-state index in [1.54, 1.807) is 42.5 Å². The molecule has 2 amide bonds. The van der Waals surface area contributed by atoms with Crippen molar-refractivity contribution < 1.29 is 22.7 Å². The van der Waals surface area contributed by atoms with E-state index in [9.17, 15) is 18.0 Å². The van der Waals surface area contributed by atoms with Crippen molar-refractivity contribution in [2.24, 2.45) is 5.41 Å². The minimum absolute atomic E-state index is 0.0517. The number of hydrogen-bond acceptors (Lipinski definition) is 10. The molecule has 2 atom stereocenters. The first-order valence-electron chi connectivity index (χ1n) is 17.0. The number of nitrogens with zero attached hydrogens (tertiary/aromatic N) is 6. The zero-order valence-electron chi connectivity index (χ0n) is 29.8. The van der Waals surface area contributed by atoms with Gasteiger partial charge in [0.2, 0.25) is 17.7 Å². The SMILES string of the molecule is CNC(=O)C1CCCN1c1cncc(CN2C(=O)c3cccc(c3)S(=O)(=O)Nc3nc(cc(-c4c(C)cccc4C)n3)OC[C@H]2CC(C)(C)C)n1. The number of amides is 2. The van der Waals surface area contributed by atoms with Crippen LogP contribution in [0.25, 0.3) is 11.3 Å². The molecule has 2 aromatic carbocycles. The summed E-state index contributed by atoms with van der Waals surface area (Å²) < 4.78 is 36.4. The van der Waals surface area contributed by atoms with Gasteiger partial charge in [0.15, 0.2) is 0 Å². The molecule has 13 nitrogen and oxygen atoms in total. The van der Waals surface area contributed by atoms with E-state index in [2.05, 4.69) is 45.8 Å². The van der Waals surface area contributed by atoms with Crippen molar-refractivity contribution in [2.75, 3.05) is 29.8 Å². The predicted molar refractivity (Wildman–Crippen MR) is 194 cm³/mol. The lowest BCUT2D eigenvalue weighted by Crippen LogP contribution is -2.45. The monoisotopic (exact) mass is 712 g/mol. The van der Waals surface area contributed by atoms with Crippen molar-refractivity contribution in [1.82, 2.24) is 30.2 Å². The van der Waals surface area contributed by atoms with Gasteiger partial charge in [-0.15, -0.1) is 0 Å². The van der Waals surface area contributed by atoms with E-state index in [1.165, 1.54) is 12.1 Å². The van der Waals surface area contributed by atoms with Crippen LogP contribution in [0.4, 0.5) is 11.8 Å². The van der Waals surface area contributed by atoms with Crippen molar-refractivity contribution in [3.8, 4) is 17.1 Å². The summed E-state index contributed by atoms with van der Waals surface area (Å²) in [5, 5.41) is 2.74. The second-order valence-corrected chi connectivity index (χ2v) is 16.0. The summed E-state index contributed by atoms with van der Waals surface area (Å²) in [7, 11) is -2.59. The fourth-order valence-corrected chi connectivity index (χ4v) is 7.80. The van der Waals surface area contributed by atoms with Gasteiger partial charge >= 0.3 is 0 Å². The van der Waals surface area contributed by atoms with Gasteiger partial charge in [-0.25, -0.2) is 23.1 Å². The molecule has 2 aromatic heterocycles. The highest BCUT2D eigenvalue weighted by Gasteiger charge is 2.34. The molecule has 6 rings (SSSR count). The number of nitrogens with one attached hydrogen (secondary N) is 2. The number of aryl methyl sites for hydroxylation is 2. The number of rotatable bonds is 6. The maximum atomic E-state index is 14.6. The molecule has 4 aromatic rings. The average Bonchev–Trinajstić information content (AvgIpc) is 3.58. The smallest absolute Gasteiger partial charge is 0.264 e. The fourth-order valence-electron chi connectivity index (χ4n) is 6.81. The summed E-state index contributed by atoms with van der Waals surface area (Å²) in [6, 6.07) is 12.6. The number of fused-ring (bicyclic) bond motifs is 4. The van der Waals surface area contributed by atoms with E-state index < -0.39 is 22.0 Å². The Morgan fingerprint density at radius 2 is 1.78 bits per heavy atom. The second kappa shape index (κ2) is 14.3. The first-order chi connectivity index (χ1) is 24.2. The van der Waals surface area contributed by atoms with Crippen LogP contribution in [0, 0.1) is 19.3 Å². The van der Waals surface area contributed by atoms with E-state index in [-0.39, 0.29) is 52.8 Å².